The minimum Gasteiger partial charge on any atom is -0.465 e. The third kappa shape index (κ3) is 2.24. The number of methoxy groups -OCH3 is 1. The molecule has 7 heteroatoms. The molecule has 0 heterocycles. The molecular weight excluding hydrogens is 268 g/mol. The Morgan fingerprint density at radius 2 is 2.20 bits per heavy atom. The first kappa shape index (κ1) is 11.4. The molecule has 2 N–H and O–H groups in total. The second kappa shape index (κ2) is 4.26. The maximum absolute atomic E-state index is 11.2. The second-order valence-corrected chi connectivity index (χ2v) is 3.49. The van der Waals surface area contributed by atoms with E-state index >= 15 is 0 Å². The molecule has 0 aromatic heterocycles. The molecule has 1 aromatic carbocycles. The van der Waals surface area contributed by atoms with E-state index in [-0.39, 0.29) is 16.9 Å². The van der Waals surface area contributed by atoms with Gasteiger partial charge in [-0.3, -0.25) is 10.1 Å². The minimum absolute atomic E-state index is 0.0143. The standard InChI is InChI=1S/C8H7BrN2O4/c1-15-8(12)4-2-7(11(13)14)6(10)3-5(4)9/h2-3H,10H2,1H3. The van der Waals surface area contributed by atoms with E-state index < -0.39 is 10.9 Å². The number of halogens is 1. The van der Waals surface area contributed by atoms with E-state index in [0.717, 1.165) is 6.07 Å². The molecule has 1 aromatic rings. The number of nitrogens with zero attached hydrogens (tertiary/aromatic N) is 1. The normalized spacial score (nSPS) is 9.73. The average Bonchev–Trinajstić information content (AvgIpc) is 2.16. The molecule has 1 rings (SSSR count). The molecule has 15 heavy (non-hydrogen) atoms. The van der Waals surface area contributed by atoms with Gasteiger partial charge in [-0.2, -0.15) is 0 Å². The molecule has 0 amide bonds. The van der Waals surface area contributed by atoms with Crippen molar-refractivity contribution >= 4 is 33.3 Å². The lowest BCUT2D eigenvalue weighted by molar-refractivity contribution is -0.383. The van der Waals surface area contributed by atoms with Gasteiger partial charge in [-0.15, -0.1) is 0 Å². The van der Waals surface area contributed by atoms with Crippen molar-refractivity contribution in [2.45, 2.75) is 0 Å². The number of carbonyl (C=O) groups excluding carboxylic acids is 1. The van der Waals surface area contributed by atoms with Crippen LogP contribution in [0.3, 0.4) is 0 Å². The molecule has 0 saturated heterocycles. The SMILES string of the molecule is COC(=O)c1cc([N+](=O)[O-])c(N)cc1Br. The highest BCUT2D eigenvalue weighted by Gasteiger charge is 2.19. The fourth-order valence-electron chi connectivity index (χ4n) is 1.00. The first-order valence-electron chi connectivity index (χ1n) is 3.79. The smallest absolute Gasteiger partial charge is 0.339 e. The van der Waals surface area contributed by atoms with Gasteiger partial charge in [-0.25, -0.2) is 4.79 Å². The number of nitrogens with two attached hydrogens (primary N) is 1. The quantitative estimate of drug-likeness (QED) is 0.383. The van der Waals surface area contributed by atoms with E-state index in [1.807, 2.05) is 0 Å². The molecule has 0 bridgehead atoms. The van der Waals surface area contributed by atoms with Crippen LogP contribution in [0.15, 0.2) is 16.6 Å². The molecule has 6 nitrogen and oxygen atoms in total. The highest BCUT2D eigenvalue weighted by molar-refractivity contribution is 9.10. The number of nitro benzene ring substituents is 1. The van der Waals surface area contributed by atoms with Crippen LogP contribution in [0, 0.1) is 10.1 Å². The van der Waals surface area contributed by atoms with Crippen molar-refractivity contribution in [2.75, 3.05) is 12.8 Å². The van der Waals surface area contributed by atoms with Gasteiger partial charge in [0, 0.05) is 10.5 Å². The zero-order chi connectivity index (χ0) is 11.6. The number of hydrogen-bond donors (Lipinski definition) is 1. The van der Waals surface area contributed by atoms with E-state index in [1.165, 1.54) is 13.2 Å². The Bertz CT molecular complexity index is 433. The summed E-state index contributed by atoms with van der Waals surface area (Å²) in [6, 6.07) is 2.37. The lowest BCUT2D eigenvalue weighted by Gasteiger charge is -2.04. The van der Waals surface area contributed by atoms with Crippen LogP contribution < -0.4 is 5.73 Å². The highest BCUT2D eigenvalue weighted by Crippen LogP contribution is 2.29. The number of benzene rings is 1. The van der Waals surface area contributed by atoms with Crippen LogP contribution in [-0.4, -0.2) is 18.0 Å². The van der Waals surface area contributed by atoms with Gasteiger partial charge in [0.15, 0.2) is 0 Å². The zero-order valence-corrected chi connectivity index (χ0v) is 9.28. The largest absolute Gasteiger partial charge is 0.465 e. The molecule has 0 aliphatic rings. The fourth-order valence-corrected chi connectivity index (χ4v) is 1.52. The molecule has 0 radical (unpaired) electrons. The first-order valence-corrected chi connectivity index (χ1v) is 4.58. The predicted octanol–water partition coefficient (Wildman–Crippen LogP) is 1.73. The average molecular weight is 275 g/mol. The summed E-state index contributed by atoms with van der Waals surface area (Å²) >= 11 is 3.07. The van der Waals surface area contributed by atoms with Crippen molar-refractivity contribution in [3.8, 4) is 0 Å². The molecule has 80 valence electrons. The zero-order valence-electron chi connectivity index (χ0n) is 7.69. The van der Waals surface area contributed by atoms with Crippen molar-refractivity contribution in [3.63, 3.8) is 0 Å². The summed E-state index contributed by atoms with van der Waals surface area (Å²) in [4.78, 5) is 21.1. The van der Waals surface area contributed by atoms with E-state index in [1.54, 1.807) is 0 Å². The number of carbonyl (C=O) groups is 1. The lowest BCUT2D eigenvalue weighted by atomic mass is 10.2. The van der Waals surface area contributed by atoms with E-state index in [2.05, 4.69) is 20.7 Å². The van der Waals surface area contributed by atoms with Gasteiger partial charge >= 0.3 is 5.97 Å². The molecule has 0 atom stereocenters. The van der Waals surface area contributed by atoms with E-state index in [9.17, 15) is 14.9 Å². The van der Waals surface area contributed by atoms with E-state index in [0.29, 0.717) is 4.47 Å². The number of esters is 1. The van der Waals surface area contributed by atoms with Gasteiger partial charge in [0.05, 0.1) is 17.6 Å². The van der Waals surface area contributed by atoms with Crippen molar-refractivity contribution in [1.82, 2.24) is 0 Å². The van der Waals surface area contributed by atoms with Crippen LogP contribution in [0.1, 0.15) is 10.4 Å². The van der Waals surface area contributed by atoms with Crippen LogP contribution in [0.2, 0.25) is 0 Å². The molecule has 0 aliphatic heterocycles. The van der Waals surface area contributed by atoms with Crippen molar-refractivity contribution in [1.29, 1.82) is 0 Å². The van der Waals surface area contributed by atoms with Crippen LogP contribution >= 0.6 is 15.9 Å². The Morgan fingerprint density at radius 3 is 2.67 bits per heavy atom. The van der Waals surface area contributed by atoms with Crippen molar-refractivity contribution < 1.29 is 14.5 Å². The van der Waals surface area contributed by atoms with Crippen molar-refractivity contribution in [3.05, 3.63) is 32.3 Å². The topological polar surface area (TPSA) is 95.5 Å². The summed E-state index contributed by atoms with van der Waals surface area (Å²) in [6.07, 6.45) is 0. The monoisotopic (exact) mass is 274 g/mol. The number of hydrogen-bond acceptors (Lipinski definition) is 5. The minimum atomic E-state index is -0.662. The molecule has 0 saturated carbocycles. The Kier molecular flexibility index (Phi) is 3.25. The van der Waals surface area contributed by atoms with Gasteiger partial charge in [-0.05, 0) is 22.0 Å². The number of anilines is 1. The number of nitro groups is 1. The van der Waals surface area contributed by atoms with Gasteiger partial charge < -0.3 is 10.5 Å². The van der Waals surface area contributed by atoms with Crippen LogP contribution in [0.5, 0.6) is 0 Å². The van der Waals surface area contributed by atoms with Gasteiger partial charge in [0.1, 0.15) is 5.69 Å². The van der Waals surface area contributed by atoms with Gasteiger partial charge in [0.25, 0.3) is 5.69 Å². The molecule has 0 spiro atoms. The number of ether oxygens (including phenoxy) is 1. The van der Waals surface area contributed by atoms with Crippen molar-refractivity contribution in [2.24, 2.45) is 0 Å². The Labute approximate surface area is 93.3 Å². The molecule has 0 aliphatic carbocycles. The third-order valence-electron chi connectivity index (χ3n) is 1.72. The lowest BCUT2D eigenvalue weighted by Crippen LogP contribution is -2.05. The van der Waals surface area contributed by atoms with Crippen LogP contribution in [0.4, 0.5) is 11.4 Å². The summed E-state index contributed by atoms with van der Waals surface area (Å²) < 4.78 is 4.82. The Morgan fingerprint density at radius 1 is 1.60 bits per heavy atom. The van der Waals surface area contributed by atoms with Crippen LogP contribution in [-0.2, 0) is 4.74 Å². The number of nitrogen functional groups attached to an aromatic ring is 1. The molecule has 0 fully saturated rings. The predicted molar refractivity (Wildman–Crippen MR) is 56.5 cm³/mol. The van der Waals surface area contributed by atoms with Gasteiger partial charge in [-0.1, -0.05) is 0 Å². The highest BCUT2D eigenvalue weighted by atomic mass is 79.9. The first-order chi connectivity index (χ1) is 6.97. The number of rotatable bonds is 2. The summed E-state index contributed by atoms with van der Waals surface area (Å²) in [7, 11) is 1.19. The van der Waals surface area contributed by atoms with E-state index in [4.69, 9.17) is 5.73 Å². The van der Waals surface area contributed by atoms with Crippen LogP contribution in [0.25, 0.3) is 0 Å². The Balaban J connectivity index is 3.36. The summed E-state index contributed by atoms with van der Waals surface area (Å²) in [5.74, 6) is -0.662. The maximum Gasteiger partial charge on any atom is 0.339 e. The fraction of sp³-hybridized carbons (Fsp3) is 0.125. The second-order valence-electron chi connectivity index (χ2n) is 2.64. The maximum atomic E-state index is 11.2. The Hall–Kier alpha value is -1.63. The van der Waals surface area contributed by atoms with Gasteiger partial charge in [0.2, 0.25) is 0 Å². The molecular formula is C8H7BrN2O4. The molecule has 0 unspecified atom stereocenters. The third-order valence-corrected chi connectivity index (χ3v) is 2.37. The summed E-state index contributed by atoms with van der Waals surface area (Å²) in [6.45, 7) is 0. The summed E-state index contributed by atoms with van der Waals surface area (Å²) in [5, 5.41) is 10.6. The summed E-state index contributed by atoms with van der Waals surface area (Å²) in [5.41, 5.74) is 5.14.